The lowest BCUT2D eigenvalue weighted by atomic mass is 10.0. The van der Waals surface area contributed by atoms with Crippen LogP contribution in [0.2, 0.25) is 0 Å². The molecule has 1 aliphatic rings. The first kappa shape index (κ1) is 22.5. The molecule has 7 nitrogen and oxygen atoms in total. The fourth-order valence-corrected chi connectivity index (χ4v) is 3.92. The Hall–Kier alpha value is -3.22. The number of amides is 1. The lowest BCUT2D eigenvalue weighted by molar-refractivity contribution is -0.145. The number of nitrogens with zero attached hydrogens (tertiary/aromatic N) is 2. The zero-order chi connectivity index (χ0) is 22.4. The highest BCUT2D eigenvalue weighted by molar-refractivity contribution is 5.93. The largest absolute Gasteiger partial charge is 0.493 e. The Balaban J connectivity index is 1.84. The van der Waals surface area contributed by atoms with Crippen LogP contribution in [0.1, 0.15) is 25.8 Å². The SMILES string of the molecule is COc1ccc(N2CCN(C(=O)CC(=O)O)[C@@H](Cc3ccccc3)C2)cc1OC(C)C. The van der Waals surface area contributed by atoms with Gasteiger partial charge in [0.1, 0.15) is 6.42 Å². The van der Waals surface area contributed by atoms with Crippen molar-refractivity contribution < 1.29 is 24.2 Å². The van der Waals surface area contributed by atoms with Gasteiger partial charge in [-0.3, -0.25) is 9.59 Å². The first-order valence-electron chi connectivity index (χ1n) is 10.5. The monoisotopic (exact) mass is 426 g/mol. The molecule has 1 amide bonds. The molecular formula is C24H30N2O5. The summed E-state index contributed by atoms with van der Waals surface area (Å²) in [5, 5.41) is 9.09. The first-order valence-corrected chi connectivity index (χ1v) is 10.5. The lowest BCUT2D eigenvalue weighted by Crippen LogP contribution is -2.56. The minimum atomic E-state index is -1.10. The van der Waals surface area contributed by atoms with Crippen molar-refractivity contribution in [1.29, 1.82) is 0 Å². The molecule has 0 saturated carbocycles. The van der Waals surface area contributed by atoms with E-state index in [0.717, 1.165) is 11.3 Å². The van der Waals surface area contributed by atoms with Gasteiger partial charge >= 0.3 is 5.97 Å². The van der Waals surface area contributed by atoms with Crippen LogP contribution < -0.4 is 14.4 Å². The van der Waals surface area contributed by atoms with Crippen molar-refractivity contribution in [2.75, 3.05) is 31.6 Å². The molecule has 0 unspecified atom stereocenters. The Morgan fingerprint density at radius 2 is 1.84 bits per heavy atom. The van der Waals surface area contributed by atoms with Gasteiger partial charge in [-0.05, 0) is 38.0 Å². The summed E-state index contributed by atoms with van der Waals surface area (Å²) >= 11 is 0. The van der Waals surface area contributed by atoms with E-state index in [9.17, 15) is 9.59 Å². The minimum Gasteiger partial charge on any atom is -0.493 e. The van der Waals surface area contributed by atoms with Gasteiger partial charge in [0.2, 0.25) is 5.91 Å². The molecule has 0 spiro atoms. The number of rotatable bonds is 8. The summed E-state index contributed by atoms with van der Waals surface area (Å²) in [6.07, 6.45) is 0.189. The lowest BCUT2D eigenvalue weighted by Gasteiger charge is -2.42. The molecule has 7 heteroatoms. The van der Waals surface area contributed by atoms with E-state index in [-0.39, 0.29) is 18.1 Å². The Morgan fingerprint density at radius 3 is 2.48 bits per heavy atom. The number of hydrogen-bond donors (Lipinski definition) is 1. The molecule has 0 radical (unpaired) electrons. The first-order chi connectivity index (χ1) is 14.9. The van der Waals surface area contributed by atoms with Crippen LogP contribution in [0.4, 0.5) is 5.69 Å². The van der Waals surface area contributed by atoms with E-state index in [1.54, 1.807) is 12.0 Å². The number of benzene rings is 2. The number of carboxylic acid groups (broad SMARTS) is 1. The third-order valence-electron chi connectivity index (χ3n) is 5.29. The normalized spacial score (nSPS) is 16.3. The Bertz CT molecular complexity index is 900. The number of carbonyl (C=O) groups is 2. The second-order valence-corrected chi connectivity index (χ2v) is 7.95. The van der Waals surface area contributed by atoms with Crippen LogP contribution in [0.25, 0.3) is 0 Å². The van der Waals surface area contributed by atoms with E-state index >= 15 is 0 Å². The molecular weight excluding hydrogens is 396 g/mol. The van der Waals surface area contributed by atoms with Crippen LogP contribution >= 0.6 is 0 Å². The molecule has 1 fully saturated rings. The van der Waals surface area contributed by atoms with Crippen molar-refractivity contribution in [2.24, 2.45) is 0 Å². The molecule has 1 heterocycles. The molecule has 0 aliphatic carbocycles. The summed E-state index contributed by atoms with van der Waals surface area (Å²) in [6, 6.07) is 15.7. The van der Waals surface area contributed by atoms with Gasteiger partial charge in [0.25, 0.3) is 0 Å². The van der Waals surface area contributed by atoms with Crippen molar-refractivity contribution in [3.05, 3.63) is 54.1 Å². The smallest absolute Gasteiger partial charge is 0.312 e. The number of aliphatic carboxylic acids is 1. The van der Waals surface area contributed by atoms with Crippen LogP contribution in [-0.2, 0) is 16.0 Å². The van der Waals surface area contributed by atoms with E-state index in [4.69, 9.17) is 14.6 Å². The van der Waals surface area contributed by atoms with Crippen LogP contribution in [0, 0.1) is 0 Å². The average Bonchev–Trinajstić information content (AvgIpc) is 2.73. The van der Waals surface area contributed by atoms with Gasteiger partial charge in [-0.25, -0.2) is 0 Å². The summed E-state index contributed by atoms with van der Waals surface area (Å²) in [5.74, 6) is -0.0873. The zero-order valence-corrected chi connectivity index (χ0v) is 18.3. The number of hydrogen-bond acceptors (Lipinski definition) is 5. The van der Waals surface area contributed by atoms with Crippen LogP contribution in [0.5, 0.6) is 11.5 Å². The van der Waals surface area contributed by atoms with Crippen molar-refractivity contribution in [3.63, 3.8) is 0 Å². The van der Waals surface area contributed by atoms with Gasteiger partial charge < -0.3 is 24.4 Å². The highest BCUT2D eigenvalue weighted by Gasteiger charge is 2.31. The number of anilines is 1. The maximum absolute atomic E-state index is 12.6. The number of ether oxygens (including phenoxy) is 2. The summed E-state index contributed by atoms with van der Waals surface area (Å²) in [7, 11) is 1.62. The molecule has 1 saturated heterocycles. The van der Waals surface area contributed by atoms with E-state index in [2.05, 4.69) is 4.90 Å². The highest BCUT2D eigenvalue weighted by atomic mass is 16.5. The quantitative estimate of drug-likeness (QED) is 0.653. The van der Waals surface area contributed by atoms with Gasteiger partial charge in [0.15, 0.2) is 11.5 Å². The molecule has 0 aromatic heterocycles. The molecule has 1 atom stereocenters. The third kappa shape index (κ3) is 5.90. The number of carbonyl (C=O) groups excluding carboxylic acids is 1. The number of carboxylic acids is 1. The van der Waals surface area contributed by atoms with Gasteiger partial charge in [-0.2, -0.15) is 0 Å². The fraction of sp³-hybridized carbons (Fsp3) is 0.417. The topological polar surface area (TPSA) is 79.3 Å². The molecule has 1 aliphatic heterocycles. The number of piperazine rings is 1. The van der Waals surface area contributed by atoms with Crippen molar-refractivity contribution >= 4 is 17.6 Å². The minimum absolute atomic E-state index is 0.0143. The standard InChI is InChI=1S/C24H30N2O5/c1-17(2)31-22-14-19(9-10-21(22)30-3)25-11-12-26(23(27)15-24(28)29)20(16-25)13-18-7-5-4-6-8-18/h4-10,14,17,20H,11-13,15-16H2,1-3H3,(H,28,29)/t20-/m0/s1. The maximum atomic E-state index is 12.6. The Labute approximate surface area is 183 Å². The second kappa shape index (κ2) is 10.2. The van der Waals surface area contributed by atoms with Crippen molar-refractivity contribution in [2.45, 2.75) is 38.8 Å². The van der Waals surface area contributed by atoms with E-state index in [0.29, 0.717) is 37.6 Å². The van der Waals surface area contributed by atoms with Crippen LogP contribution in [-0.4, -0.2) is 60.8 Å². The van der Waals surface area contributed by atoms with Gasteiger partial charge in [0.05, 0.1) is 19.3 Å². The molecule has 0 bridgehead atoms. The van der Waals surface area contributed by atoms with Crippen molar-refractivity contribution in [1.82, 2.24) is 4.90 Å². The van der Waals surface area contributed by atoms with E-state index in [1.807, 2.05) is 62.4 Å². The molecule has 3 rings (SSSR count). The fourth-order valence-electron chi connectivity index (χ4n) is 3.92. The Morgan fingerprint density at radius 1 is 1.10 bits per heavy atom. The van der Waals surface area contributed by atoms with Gasteiger partial charge in [0, 0.05) is 31.4 Å². The van der Waals surface area contributed by atoms with E-state index in [1.165, 1.54) is 0 Å². The predicted octanol–water partition coefficient (Wildman–Crippen LogP) is 3.22. The summed E-state index contributed by atoms with van der Waals surface area (Å²) in [5.41, 5.74) is 2.10. The highest BCUT2D eigenvalue weighted by Crippen LogP contribution is 2.33. The number of methoxy groups -OCH3 is 1. The second-order valence-electron chi connectivity index (χ2n) is 7.95. The molecule has 1 N–H and O–H groups in total. The maximum Gasteiger partial charge on any atom is 0.312 e. The van der Waals surface area contributed by atoms with Crippen molar-refractivity contribution in [3.8, 4) is 11.5 Å². The molecule has 166 valence electrons. The third-order valence-corrected chi connectivity index (χ3v) is 5.29. The van der Waals surface area contributed by atoms with E-state index < -0.39 is 12.4 Å². The molecule has 2 aromatic rings. The molecule has 2 aromatic carbocycles. The van der Waals surface area contributed by atoms with Gasteiger partial charge in [-0.15, -0.1) is 0 Å². The summed E-state index contributed by atoms with van der Waals surface area (Å²) in [6.45, 7) is 5.62. The summed E-state index contributed by atoms with van der Waals surface area (Å²) in [4.78, 5) is 27.6. The average molecular weight is 427 g/mol. The van der Waals surface area contributed by atoms with Crippen LogP contribution in [0.15, 0.2) is 48.5 Å². The van der Waals surface area contributed by atoms with Crippen LogP contribution in [0.3, 0.4) is 0 Å². The van der Waals surface area contributed by atoms with Gasteiger partial charge in [-0.1, -0.05) is 30.3 Å². The zero-order valence-electron chi connectivity index (χ0n) is 18.3. The Kier molecular flexibility index (Phi) is 7.39. The summed E-state index contributed by atoms with van der Waals surface area (Å²) < 4.78 is 11.3. The predicted molar refractivity (Wildman–Crippen MR) is 119 cm³/mol. The molecule has 31 heavy (non-hydrogen) atoms.